The first kappa shape index (κ1) is 17.0. The van der Waals surface area contributed by atoms with Crippen LogP contribution in [0.15, 0.2) is 34.9 Å². The summed E-state index contributed by atoms with van der Waals surface area (Å²) in [6.07, 6.45) is 0. The molecule has 1 aliphatic heterocycles. The molecule has 0 aliphatic carbocycles. The average molecular weight is 346 g/mol. The van der Waals surface area contributed by atoms with Crippen LogP contribution in [-0.2, 0) is 16.1 Å². The van der Waals surface area contributed by atoms with Crippen molar-refractivity contribution in [3.05, 3.63) is 52.9 Å². The molecule has 5 nitrogen and oxygen atoms in total. The van der Waals surface area contributed by atoms with Crippen LogP contribution in [0.4, 0.5) is 0 Å². The lowest BCUT2D eigenvalue weighted by Crippen LogP contribution is -2.49. The van der Waals surface area contributed by atoms with E-state index >= 15 is 0 Å². The number of hydrogen-bond donors (Lipinski definition) is 0. The Labute approximate surface area is 146 Å². The van der Waals surface area contributed by atoms with Gasteiger partial charge in [0.2, 0.25) is 0 Å². The number of carbonyl (C=O) groups excluding carboxylic acids is 1. The second-order valence-electron chi connectivity index (χ2n) is 5.98. The number of ether oxygens (including phenoxy) is 1. The number of nitrogens with zero attached hydrogens (tertiary/aromatic N) is 2. The van der Waals surface area contributed by atoms with Crippen molar-refractivity contribution < 1.29 is 14.1 Å². The molecule has 0 spiro atoms. The Morgan fingerprint density at radius 2 is 2.08 bits per heavy atom. The number of aryl methyl sites for hydroxylation is 2. The minimum atomic E-state index is -0.271. The van der Waals surface area contributed by atoms with Gasteiger partial charge in [-0.3, -0.25) is 9.69 Å². The molecule has 0 bridgehead atoms. The number of aromatic nitrogens is 1. The lowest BCUT2D eigenvalue weighted by Gasteiger charge is -2.40. The van der Waals surface area contributed by atoms with Gasteiger partial charge >= 0.3 is 5.97 Å². The predicted molar refractivity (Wildman–Crippen MR) is 93.8 cm³/mol. The zero-order valence-corrected chi connectivity index (χ0v) is 15.0. The predicted octanol–water partition coefficient (Wildman–Crippen LogP) is 3.12. The maximum atomic E-state index is 12.3. The first-order chi connectivity index (χ1) is 11.6. The lowest BCUT2D eigenvalue weighted by atomic mass is 10.0. The molecule has 3 rings (SSSR count). The molecule has 1 aliphatic rings. The molecule has 6 heteroatoms. The number of methoxy groups -OCH3 is 1. The van der Waals surface area contributed by atoms with Gasteiger partial charge in [-0.25, -0.2) is 0 Å². The van der Waals surface area contributed by atoms with E-state index in [4.69, 9.17) is 9.26 Å². The van der Waals surface area contributed by atoms with Crippen LogP contribution in [0.2, 0.25) is 0 Å². The smallest absolute Gasteiger partial charge is 0.323 e. The molecule has 0 unspecified atom stereocenters. The van der Waals surface area contributed by atoms with Crippen molar-refractivity contribution in [2.45, 2.75) is 32.5 Å². The van der Waals surface area contributed by atoms with Crippen LogP contribution in [0.5, 0.6) is 0 Å². The van der Waals surface area contributed by atoms with Crippen molar-refractivity contribution >= 4 is 17.7 Å². The zero-order chi connectivity index (χ0) is 17.1. The second-order valence-corrected chi connectivity index (χ2v) is 7.05. The summed E-state index contributed by atoms with van der Waals surface area (Å²) in [6.45, 7) is 4.48. The quantitative estimate of drug-likeness (QED) is 0.793. The third-order valence-electron chi connectivity index (χ3n) is 4.53. The Morgan fingerprint density at radius 1 is 1.33 bits per heavy atom. The number of carbonyl (C=O) groups is 1. The summed E-state index contributed by atoms with van der Waals surface area (Å²) in [7, 11) is 1.45. The van der Waals surface area contributed by atoms with Crippen LogP contribution in [0, 0.1) is 13.8 Å². The van der Waals surface area contributed by atoms with Crippen LogP contribution >= 0.6 is 11.8 Å². The molecule has 1 aromatic heterocycles. The summed E-state index contributed by atoms with van der Waals surface area (Å²) >= 11 is 1.79. The highest BCUT2D eigenvalue weighted by atomic mass is 32.2. The molecular formula is C18H22N2O3S. The highest BCUT2D eigenvalue weighted by Gasteiger charge is 2.37. The zero-order valence-electron chi connectivity index (χ0n) is 14.2. The maximum absolute atomic E-state index is 12.3. The minimum absolute atomic E-state index is 0.155. The fourth-order valence-electron chi connectivity index (χ4n) is 3.13. The fraction of sp³-hybridized carbons (Fsp3) is 0.444. The molecular weight excluding hydrogens is 324 g/mol. The van der Waals surface area contributed by atoms with Crippen LogP contribution < -0.4 is 0 Å². The average Bonchev–Trinajstić information content (AvgIpc) is 2.94. The third kappa shape index (κ3) is 3.35. The summed E-state index contributed by atoms with van der Waals surface area (Å²) in [5, 5.41) is 4.05. The summed E-state index contributed by atoms with van der Waals surface area (Å²) < 4.78 is 10.4. The van der Waals surface area contributed by atoms with E-state index < -0.39 is 0 Å². The van der Waals surface area contributed by atoms with Crippen LogP contribution in [0.1, 0.15) is 28.6 Å². The Hall–Kier alpha value is -1.79. The SMILES string of the molecule is COC(=O)[C@@H]1CSC[C@@H](c2ccccc2)N1Cc1c(C)noc1C. The van der Waals surface area contributed by atoms with Gasteiger partial charge in [0.1, 0.15) is 11.8 Å². The first-order valence-corrected chi connectivity index (χ1v) is 9.15. The number of rotatable bonds is 4. The van der Waals surface area contributed by atoms with Gasteiger partial charge in [-0.2, -0.15) is 11.8 Å². The van der Waals surface area contributed by atoms with E-state index in [-0.39, 0.29) is 18.1 Å². The van der Waals surface area contributed by atoms with Crippen molar-refractivity contribution in [2.75, 3.05) is 18.6 Å². The molecule has 1 aromatic carbocycles. The monoisotopic (exact) mass is 346 g/mol. The minimum Gasteiger partial charge on any atom is -0.468 e. The molecule has 0 amide bonds. The molecule has 0 radical (unpaired) electrons. The summed E-state index contributed by atoms with van der Waals surface area (Å²) in [6, 6.07) is 10.2. The van der Waals surface area contributed by atoms with E-state index in [9.17, 15) is 4.79 Å². The first-order valence-electron chi connectivity index (χ1n) is 7.99. The Bertz CT molecular complexity index is 682. The van der Waals surface area contributed by atoms with Gasteiger partial charge in [-0.15, -0.1) is 0 Å². The number of thioether (sulfide) groups is 1. The summed E-state index contributed by atoms with van der Waals surface area (Å²) in [5.74, 6) is 2.30. The van der Waals surface area contributed by atoms with E-state index in [1.54, 1.807) is 11.8 Å². The second kappa shape index (κ2) is 7.40. The maximum Gasteiger partial charge on any atom is 0.323 e. The third-order valence-corrected chi connectivity index (χ3v) is 5.63. The van der Waals surface area contributed by atoms with Gasteiger partial charge in [0.05, 0.1) is 12.8 Å². The molecule has 2 atom stereocenters. The van der Waals surface area contributed by atoms with Gasteiger partial charge in [0, 0.05) is 29.7 Å². The molecule has 2 aromatic rings. The fourth-order valence-corrected chi connectivity index (χ4v) is 4.43. The van der Waals surface area contributed by atoms with Crippen molar-refractivity contribution in [3.63, 3.8) is 0 Å². The van der Waals surface area contributed by atoms with E-state index in [2.05, 4.69) is 22.2 Å². The summed E-state index contributed by atoms with van der Waals surface area (Å²) in [5.41, 5.74) is 3.14. The Kier molecular flexibility index (Phi) is 5.26. The number of hydrogen-bond acceptors (Lipinski definition) is 6. The van der Waals surface area contributed by atoms with E-state index in [1.165, 1.54) is 12.7 Å². The lowest BCUT2D eigenvalue weighted by molar-refractivity contribution is -0.147. The van der Waals surface area contributed by atoms with E-state index in [1.807, 2.05) is 32.0 Å². The number of benzene rings is 1. The van der Waals surface area contributed by atoms with Gasteiger partial charge in [0.15, 0.2) is 0 Å². The van der Waals surface area contributed by atoms with Crippen molar-refractivity contribution in [2.24, 2.45) is 0 Å². The molecule has 128 valence electrons. The normalized spacial score (nSPS) is 21.6. The van der Waals surface area contributed by atoms with E-state index in [0.717, 1.165) is 28.5 Å². The van der Waals surface area contributed by atoms with Gasteiger partial charge < -0.3 is 9.26 Å². The molecule has 0 saturated carbocycles. The molecule has 1 saturated heterocycles. The van der Waals surface area contributed by atoms with Crippen molar-refractivity contribution in [1.82, 2.24) is 10.1 Å². The Morgan fingerprint density at radius 3 is 2.71 bits per heavy atom. The van der Waals surface area contributed by atoms with Gasteiger partial charge in [0.25, 0.3) is 0 Å². The molecule has 0 N–H and O–H groups in total. The summed E-state index contributed by atoms with van der Waals surface area (Å²) in [4.78, 5) is 14.6. The van der Waals surface area contributed by atoms with Crippen molar-refractivity contribution in [1.29, 1.82) is 0 Å². The molecule has 24 heavy (non-hydrogen) atoms. The molecule has 1 fully saturated rings. The van der Waals surface area contributed by atoms with Crippen LogP contribution in [0.25, 0.3) is 0 Å². The highest BCUT2D eigenvalue weighted by Crippen LogP contribution is 2.35. The largest absolute Gasteiger partial charge is 0.468 e. The Balaban J connectivity index is 1.96. The van der Waals surface area contributed by atoms with E-state index in [0.29, 0.717) is 6.54 Å². The molecule has 2 heterocycles. The number of esters is 1. The highest BCUT2D eigenvalue weighted by molar-refractivity contribution is 7.99. The topological polar surface area (TPSA) is 55.6 Å². The van der Waals surface area contributed by atoms with Crippen molar-refractivity contribution in [3.8, 4) is 0 Å². The van der Waals surface area contributed by atoms with Gasteiger partial charge in [-0.05, 0) is 19.4 Å². The van der Waals surface area contributed by atoms with Crippen LogP contribution in [0.3, 0.4) is 0 Å². The van der Waals surface area contributed by atoms with Gasteiger partial charge in [-0.1, -0.05) is 35.5 Å². The van der Waals surface area contributed by atoms with Crippen LogP contribution in [-0.4, -0.2) is 40.7 Å². The standard InChI is InChI=1S/C18H22N2O3S/c1-12-15(13(2)23-19-12)9-20-16(14-7-5-4-6-8-14)10-24-11-17(20)18(21)22-3/h4-8,16-17H,9-11H2,1-3H3/t16-,17-/m0/s1.